The highest BCUT2D eigenvalue weighted by Crippen LogP contribution is 2.19. The van der Waals surface area contributed by atoms with E-state index in [2.05, 4.69) is 15.5 Å². The minimum atomic E-state index is -0.691. The number of tetrazole rings is 1. The number of esters is 1. The monoisotopic (exact) mass is 405 g/mol. The Kier molecular flexibility index (Phi) is 6.69. The van der Waals surface area contributed by atoms with E-state index in [-0.39, 0.29) is 24.3 Å². The zero-order valence-corrected chi connectivity index (χ0v) is 17.1. The molecule has 30 heavy (non-hydrogen) atoms. The Hall–Kier alpha value is -3.81. The second-order valence-corrected chi connectivity index (χ2v) is 6.75. The fraction of sp³-hybridized carbons (Fsp3) is 0.227. The molecule has 0 aliphatic heterocycles. The van der Waals surface area contributed by atoms with Gasteiger partial charge in [-0.15, -0.1) is 5.10 Å². The van der Waals surface area contributed by atoms with E-state index in [9.17, 15) is 9.59 Å². The first-order valence-corrected chi connectivity index (χ1v) is 9.47. The van der Waals surface area contributed by atoms with Crippen LogP contribution in [0, 0.1) is 6.92 Å². The third-order valence-corrected chi connectivity index (χ3v) is 4.75. The normalized spacial score (nSPS) is 12.3. The van der Waals surface area contributed by atoms with Crippen LogP contribution in [0.3, 0.4) is 0 Å². The minimum Gasteiger partial charge on any atom is -0.451 e. The van der Waals surface area contributed by atoms with Crippen LogP contribution in [0.25, 0.3) is 11.8 Å². The van der Waals surface area contributed by atoms with Crippen molar-refractivity contribution in [2.75, 3.05) is 13.7 Å². The maximum Gasteiger partial charge on any atom is 0.357 e. The topological polar surface area (TPSA) is 90.2 Å². The molecule has 0 bridgehead atoms. The number of aryl methyl sites for hydroxylation is 1. The highest BCUT2D eigenvalue weighted by molar-refractivity contribution is 6.15. The van der Waals surface area contributed by atoms with Crippen molar-refractivity contribution < 1.29 is 14.3 Å². The number of hydrogen-bond donors (Lipinski definition) is 0. The van der Waals surface area contributed by atoms with Crippen molar-refractivity contribution in [3.63, 3.8) is 0 Å². The van der Waals surface area contributed by atoms with Gasteiger partial charge in [0.15, 0.2) is 18.1 Å². The smallest absolute Gasteiger partial charge is 0.357 e. The predicted octanol–water partition coefficient (Wildman–Crippen LogP) is 2.74. The van der Waals surface area contributed by atoms with E-state index in [1.54, 1.807) is 24.9 Å². The van der Waals surface area contributed by atoms with Gasteiger partial charge < -0.3 is 9.64 Å². The third-order valence-electron chi connectivity index (χ3n) is 4.75. The summed E-state index contributed by atoms with van der Waals surface area (Å²) >= 11 is 0. The first kappa shape index (κ1) is 20.9. The van der Waals surface area contributed by atoms with Gasteiger partial charge in [-0.25, -0.2) is 4.79 Å². The molecule has 0 saturated carbocycles. The average molecular weight is 405 g/mol. The molecule has 1 atom stereocenters. The summed E-state index contributed by atoms with van der Waals surface area (Å²) < 4.78 is 6.60. The van der Waals surface area contributed by atoms with Gasteiger partial charge in [0.1, 0.15) is 0 Å². The Morgan fingerprint density at radius 2 is 1.73 bits per heavy atom. The van der Waals surface area contributed by atoms with Crippen molar-refractivity contribution in [3.8, 4) is 0 Å². The Balaban J connectivity index is 1.72. The van der Waals surface area contributed by atoms with Crippen LogP contribution in [0.15, 0.2) is 60.7 Å². The summed E-state index contributed by atoms with van der Waals surface area (Å²) in [6.45, 7) is 3.20. The number of carbonyl (C=O) groups excluding carboxylic acids is 2. The highest BCUT2D eigenvalue weighted by atomic mass is 16.5. The zero-order valence-electron chi connectivity index (χ0n) is 17.1. The van der Waals surface area contributed by atoms with Crippen LogP contribution in [0.2, 0.25) is 0 Å². The van der Waals surface area contributed by atoms with Gasteiger partial charge in [0.2, 0.25) is 0 Å². The lowest BCUT2D eigenvalue weighted by Crippen LogP contribution is -2.33. The molecule has 8 heteroatoms. The van der Waals surface area contributed by atoms with Gasteiger partial charge in [-0.05, 0) is 41.5 Å². The van der Waals surface area contributed by atoms with E-state index in [0.717, 1.165) is 11.1 Å². The standard InChI is InChI=1S/C22H23N5O3/c1-16(19-12-8-5-9-13-19)26(3)21(28)15-30-22(29)20(27-17(2)23-24-25-27)14-18-10-6-4-7-11-18/h4-14,16H,15H2,1-3H3/b20-14-/t16-/m0/s1. The molecule has 0 aliphatic rings. The summed E-state index contributed by atoms with van der Waals surface area (Å²) in [6, 6.07) is 18.7. The van der Waals surface area contributed by atoms with Crippen LogP contribution in [0.5, 0.6) is 0 Å². The van der Waals surface area contributed by atoms with Gasteiger partial charge in [-0.1, -0.05) is 60.7 Å². The van der Waals surface area contributed by atoms with Crippen molar-refractivity contribution in [2.24, 2.45) is 0 Å². The second-order valence-electron chi connectivity index (χ2n) is 6.75. The number of carbonyl (C=O) groups is 2. The molecule has 3 aromatic rings. The lowest BCUT2D eigenvalue weighted by molar-refractivity contribution is -0.148. The zero-order chi connectivity index (χ0) is 21.5. The molecule has 154 valence electrons. The van der Waals surface area contributed by atoms with Crippen molar-refractivity contribution in [3.05, 3.63) is 77.6 Å². The molecule has 0 N–H and O–H groups in total. The van der Waals surface area contributed by atoms with Crippen LogP contribution in [-0.2, 0) is 14.3 Å². The largest absolute Gasteiger partial charge is 0.451 e. The van der Waals surface area contributed by atoms with Crippen LogP contribution in [0.4, 0.5) is 0 Å². The molecule has 0 fully saturated rings. The first-order valence-electron chi connectivity index (χ1n) is 9.47. The fourth-order valence-electron chi connectivity index (χ4n) is 2.84. The van der Waals surface area contributed by atoms with E-state index >= 15 is 0 Å². The van der Waals surface area contributed by atoms with Crippen LogP contribution < -0.4 is 0 Å². The Labute approximate surface area is 174 Å². The molecule has 1 amide bonds. The number of likely N-dealkylation sites (N-methyl/N-ethyl adjacent to an activating group) is 1. The van der Waals surface area contributed by atoms with Crippen molar-refractivity contribution in [1.29, 1.82) is 0 Å². The van der Waals surface area contributed by atoms with Crippen LogP contribution >= 0.6 is 0 Å². The number of benzene rings is 2. The van der Waals surface area contributed by atoms with Crippen LogP contribution in [-0.4, -0.2) is 50.6 Å². The first-order chi connectivity index (χ1) is 14.5. The molecular weight excluding hydrogens is 382 g/mol. The SMILES string of the molecule is Cc1nnnn1/C(=C\c1ccccc1)C(=O)OCC(=O)N(C)[C@@H](C)c1ccccc1. The number of ether oxygens (including phenoxy) is 1. The Morgan fingerprint density at radius 1 is 1.10 bits per heavy atom. The van der Waals surface area contributed by atoms with E-state index in [4.69, 9.17) is 4.74 Å². The minimum absolute atomic E-state index is 0.121. The molecule has 0 aliphatic carbocycles. The van der Waals surface area contributed by atoms with E-state index in [1.165, 1.54) is 4.68 Å². The predicted molar refractivity (Wildman–Crippen MR) is 112 cm³/mol. The molecule has 1 aromatic heterocycles. The molecule has 2 aromatic carbocycles. The summed E-state index contributed by atoms with van der Waals surface area (Å²) in [4.78, 5) is 26.9. The van der Waals surface area contributed by atoms with Crippen LogP contribution in [0.1, 0.15) is 29.9 Å². The molecular formula is C22H23N5O3. The summed E-state index contributed by atoms with van der Waals surface area (Å²) in [5.41, 5.74) is 1.89. The van der Waals surface area contributed by atoms with Gasteiger partial charge in [-0.2, -0.15) is 4.68 Å². The molecule has 0 radical (unpaired) electrons. The summed E-state index contributed by atoms with van der Waals surface area (Å²) in [5.74, 6) is -0.578. The fourth-order valence-corrected chi connectivity index (χ4v) is 2.84. The molecule has 0 saturated heterocycles. The van der Waals surface area contributed by atoms with Gasteiger partial charge in [0, 0.05) is 7.05 Å². The van der Waals surface area contributed by atoms with Gasteiger partial charge in [-0.3, -0.25) is 4.79 Å². The van der Waals surface area contributed by atoms with Gasteiger partial charge in [0.25, 0.3) is 5.91 Å². The number of hydrogen-bond acceptors (Lipinski definition) is 6. The van der Waals surface area contributed by atoms with Crippen molar-refractivity contribution >= 4 is 23.6 Å². The van der Waals surface area contributed by atoms with Gasteiger partial charge in [0.05, 0.1) is 6.04 Å². The maximum atomic E-state index is 12.8. The number of amides is 1. The van der Waals surface area contributed by atoms with Crippen molar-refractivity contribution in [1.82, 2.24) is 25.1 Å². The summed E-state index contributed by atoms with van der Waals surface area (Å²) in [5, 5.41) is 11.3. The number of rotatable bonds is 7. The lowest BCUT2D eigenvalue weighted by atomic mass is 10.1. The Bertz CT molecular complexity index is 1030. The highest BCUT2D eigenvalue weighted by Gasteiger charge is 2.22. The van der Waals surface area contributed by atoms with E-state index in [0.29, 0.717) is 5.82 Å². The molecule has 3 rings (SSSR count). The average Bonchev–Trinajstić information content (AvgIpc) is 3.21. The maximum absolute atomic E-state index is 12.8. The summed E-state index contributed by atoms with van der Waals surface area (Å²) in [7, 11) is 1.68. The van der Waals surface area contributed by atoms with E-state index in [1.807, 2.05) is 67.6 Å². The molecule has 0 spiro atoms. The number of aromatic nitrogens is 4. The summed E-state index contributed by atoms with van der Waals surface area (Å²) in [6.07, 6.45) is 1.62. The van der Waals surface area contributed by atoms with Crippen molar-refractivity contribution in [2.45, 2.75) is 19.9 Å². The molecule has 0 unspecified atom stereocenters. The van der Waals surface area contributed by atoms with Gasteiger partial charge >= 0.3 is 5.97 Å². The lowest BCUT2D eigenvalue weighted by Gasteiger charge is -2.25. The quantitative estimate of drug-likeness (QED) is 0.443. The molecule has 1 heterocycles. The Morgan fingerprint density at radius 3 is 2.33 bits per heavy atom. The second kappa shape index (κ2) is 9.60. The molecule has 8 nitrogen and oxygen atoms in total. The number of nitrogens with zero attached hydrogens (tertiary/aromatic N) is 5. The van der Waals surface area contributed by atoms with E-state index < -0.39 is 5.97 Å². The third kappa shape index (κ3) is 4.96.